The van der Waals surface area contributed by atoms with Crippen LogP contribution in [-0.4, -0.2) is 11.1 Å². The molecule has 1 saturated carbocycles. The number of hydrogen-bond donors (Lipinski definition) is 1. The Hall–Kier alpha value is -1.09. The van der Waals surface area contributed by atoms with Gasteiger partial charge in [0.2, 0.25) is 0 Å². The molecule has 2 rings (SSSR count). The summed E-state index contributed by atoms with van der Waals surface area (Å²) >= 11 is 0. The minimum absolute atomic E-state index is 0.413. The molecule has 1 aliphatic rings. The van der Waals surface area contributed by atoms with Crippen molar-refractivity contribution in [3.8, 4) is 0 Å². The molecule has 1 fully saturated rings. The maximum Gasteiger partial charge on any atom is 0.0895 e. The standard InChI is InChI=1S/C15H24N2O/c1-11-9-17-14(12(2)15(11)16)10-18-13-7-5-3-4-6-8-13/h9,13H,3-8,10H2,1-2H3,(H2,16,17). The summed E-state index contributed by atoms with van der Waals surface area (Å²) in [6, 6.07) is 0. The van der Waals surface area contributed by atoms with Crippen molar-refractivity contribution in [3.05, 3.63) is 23.0 Å². The van der Waals surface area contributed by atoms with Gasteiger partial charge in [-0.05, 0) is 37.8 Å². The zero-order chi connectivity index (χ0) is 13.0. The molecule has 0 saturated heterocycles. The smallest absolute Gasteiger partial charge is 0.0895 e. The lowest BCUT2D eigenvalue weighted by molar-refractivity contribution is 0.0290. The summed E-state index contributed by atoms with van der Waals surface area (Å²) < 4.78 is 6.01. The monoisotopic (exact) mass is 248 g/mol. The Labute approximate surface area is 110 Å². The van der Waals surface area contributed by atoms with Crippen molar-refractivity contribution < 1.29 is 4.74 Å². The first-order valence-corrected chi connectivity index (χ1v) is 7.00. The number of aryl methyl sites for hydroxylation is 1. The molecule has 1 aromatic heterocycles. The maximum atomic E-state index is 6.02. The Morgan fingerprint density at radius 1 is 1.22 bits per heavy atom. The topological polar surface area (TPSA) is 48.1 Å². The zero-order valence-corrected chi connectivity index (χ0v) is 11.5. The van der Waals surface area contributed by atoms with Gasteiger partial charge in [0.15, 0.2) is 0 Å². The normalized spacial score (nSPS) is 17.7. The second-order valence-electron chi connectivity index (χ2n) is 5.35. The molecule has 0 unspecified atom stereocenters. The van der Waals surface area contributed by atoms with Gasteiger partial charge in [-0.15, -0.1) is 0 Å². The van der Waals surface area contributed by atoms with Gasteiger partial charge in [0.05, 0.1) is 18.4 Å². The Balaban J connectivity index is 1.95. The number of ether oxygens (including phenoxy) is 1. The van der Waals surface area contributed by atoms with Crippen LogP contribution in [0, 0.1) is 13.8 Å². The minimum Gasteiger partial charge on any atom is -0.398 e. The summed E-state index contributed by atoms with van der Waals surface area (Å²) in [5, 5.41) is 0. The van der Waals surface area contributed by atoms with Gasteiger partial charge in [0, 0.05) is 11.9 Å². The van der Waals surface area contributed by atoms with Crippen LogP contribution in [0.2, 0.25) is 0 Å². The third kappa shape index (κ3) is 3.22. The summed E-state index contributed by atoms with van der Waals surface area (Å²) in [4.78, 5) is 4.44. The molecule has 1 aliphatic carbocycles. The van der Waals surface area contributed by atoms with Crippen LogP contribution < -0.4 is 5.73 Å². The van der Waals surface area contributed by atoms with Gasteiger partial charge in [-0.3, -0.25) is 4.98 Å². The Kier molecular flexibility index (Phi) is 4.59. The lowest BCUT2D eigenvalue weighted by atomic mass is 10.1. The molecule has 1 heterocycles. The molecule has 0 spiro atoms. The molecule has 0 atom stereocenters. The molecule has 0 aliphatic heterocycles. The summed E-state index contributed by atoms with van der Waals surface area (Å²) in [5.41, 5.74) is 9.98. The van der Waals surface area contributed by atoms with Crippen molar-refractivity contribution in [2.45, 2.75) is 65.1 Å². The van der Waals surface area contributed by atoms with Gasteiger partial charge < -0.3 is 10.5 Å². The zero-order valence-electron chi connectivity index (χ0n) is 11.5. The number of pyridine rings is 1. The highest BCUT2D eigenvalue weighted by Crippen LogP contribution is 2.23. The van der Waals surface area contributed by atoms with Gasteiger partial charge in [0.25, 0.3) is 0 Å². The number of nitrogen functional groups attached to an aromatic ring is 1. The van der Waals surface area contributed by atoms with Crippen molar-refractivity contribution in [1.29, 1.82) is 0 Å². The number of rotatable bonds is 3. The molecule has 0 aromatic carbocycles. The molecule has 3 heteroatoms. The fourth-order valence-corrected chi connectivity index (χ4v) is 2.54. The Morgan fingerprint density at radius 3 is 2.56 bits per heavy atom. The van der Waals surface area contributed by atoms with E-state index in [2.05, 4.69) is 4.98 Å². The first-order chi connectivity index (χ1) is 8.68. The number of nitrogens with two attached hydrogens (primary N) is 1. The van der Waals surface area contributed by atoms with Crippen LogP contribution in [0.25, 0.3) is 0 Å². The van der Waals surface area contributed by atoms with Crippen molar-refractivity contribution in [3.63, 3.8) is 0 Å². The van der Waals surface area contributed by atoms with Crippen LogP contribution in [0.5, 0.6) is 0 Å². The predicted molar refractivity (Wildman–Crippen MR) is 74.4 cm³/mol. The molecule has 0 radical (unpaired) electrons. The highest BCUT2D eigenvalue weighted by atomic mass is 16.5. The summed E-state index contributed by atoms with van der Waals surface area (Å²) in [5.74, 6) is 0. The lowest BCUT2D eigenvalue weighted by Gasteiger charge is -2.16. The van der Waals surface area contributed by atoms with E-state index in [1.54, 1.807) is 0 Å². The number of aromatic nitrogens is 1. The summed E-state index contributed by atoms with van der Waals surface area (Å²) in [7, 11) is 0. The second kappa shape index (κ2) is 6.19. The molecule has 0 bridgehead atoms. The fourth-order valence-electron chi connectivity index (χ4n) is 2.54. The van der Waals surface area contributed by atoms with E-state index in [9.17, 15) is 0 Å². The fraction of sp³-hybridized carbons (Fsp3) is 0.667. The van der Waals surface area contributed by atoms with Crippen LogP contribution in [-0.2, 0) is 11.3 Å². The van der Waals surface area contributed by atoms with Crippen molar-refractivity contribution >= 4 is 5.69 Å². The highest BCUT2D eigenvalue weighted by Gasteiger charge is 2.14. The van der Waals surface area contributed by atoms with Crippen LogP contribution in [0.3, 0.4) is 0 Å². The first kappa shape index (κ1) is 13.3. The first-order valence-electron chi connectivity index (χ1n) is 7.00. The molecular weight excluding hydrogens is 224 g/mol. The summed E-state index contributed by atoms with van der Waals surface area (Å²) in [6.45, 7) is 4.62. The molecule has 1 aromatic rings. The molecule has 100 valence electrons. The lowest BCUT2D eigenvalue weighted by Crippen LogP contribution is -2.13. The molecule has 3 nitrogen and oxygen atoms in total. The minimum atomic E-state index is 0.413. The number of nitrogens with zero attached hydrogens (tertiary/aromatic N) is 1. The third-order valence-electron chi connectivity index (χ3n) is 3.93. The van der Waals surface area contributed by atoms with E-state index >= 15 is 0 Å². The molecular formula is C15H24N2O. The average molecular weight is 248 g/mol. The predicted octanol–water partition coefficient (Wildman–Crippen LogP) is 3.52. The van der Waals surface area contributed by atoms with Crippen LogP contribution >= 0.6 is 0 Å². The third-order valence-corrected chi connectivity index (χ3v) is 3.93. The van der Waals surface area contributed by atoms with E-state index in [-0.39, 0.29) is 0 Å². The van der Waals surface area contributed by atoms with Gasteiger partial charge >= 0.3 is 0 Å². The molecule has 2 N–H and O–H groups in total. The van der Waals surface area contributed by atoms with Crippen LogP contribution in [0.4, 0.5) is 5.69 Å². The van der Waals surface area contributed by atoms with Gasteiger partial charge in [-0.1, -0.05) is 25.7 Å². The second-order valence-corrected chi connectivity index (χ2v) is 5.35. The number of hydrogen-bond acceptors (Lipinski definition) is 3. The van der Waals surface area contributed by atoms with Crippen molar-refractivity contribution in [2.75, 3.05) is 5.73 Å². The van der Waals surface area contributed by atoms with Crippen molar-refractivity contribution in [1.82, 2.24) is 4.98 Å². The van der Waals surface area contributed by atoms with Gasteiger partial charge in [-0.2, -0.15) is 0 Å². The van der Waals surface area contributed by atoms with E-state index < -0.39 is 0 Å². The van der Waals surface area contributed by atoms with Crippen LogP contribution in [0.15, 0.2) is 6.20 Å². The SMILES string of the molecule is Cc1cnc(COC2CCCCCC2)c(C)c1N. The number of anilines is 1. The van der Waals surface area contributed by atoms with Gasteiger partial charge in [-0.25, -0.2) is 0 Å². The van der Waals surface area contributed by atoms with E-state index in [1.807, 2.05) is 20.0 Å². The van der Waals surface area contributed by atoms with E-state index in [0.717, 1.165) is 22.5 Å². The van der Waals surface area contributed by atoms with Crippen LogP contribution in [0.1, 0.15) is 55.3 Å². The van der Waals surface area contributed by atoms with E-state index in [0.29, 0.717) is 12.7 Å². The summed E-state index contributed by atoms with van der Waals surface area (Å²) in [6.07, 6.45) is 9.95. The quantitative estimate of drug-likeness (QED) is 0.833. The molecule has 0 amide bonds. The maximum absolute atomic E-state index is 6.02. The largest absolute Gasteiger partial charge is 0.398 e. The van der Waals surface area contributed by atoms with Crippen molar-refractivity contribution in [2.24, 2.45) is 0 Å². The Bertz CT molecular complexity index is 396. The van der Waals surface area contributed by atoms with E-state index in [4.69, 9.17) is 10.5 Å². The Morgan fingerprint density at radius 2 is 1.89 bits per heavy atom. The molecule has 18 heavy (non-hydrogen) atoms. The highest BCUT2D eigenvalue weighted by molar-refractivity contribution is 5.53. The van der Waals surface area contributed by atoms with E-state index in [1.165, 1.54) is 38.5 Å². The average Bonchev–Trinajstić information content (AvgIpc) is 2.64. The van der Waals surface area contributed by atoms with Gasteiger partial charge in [0.1, 0.15) is 0 Å².